The topological polar surface area (TPSA) is 41.6 Å². The van der Waals surface area contributed by atoms with Gasteiger partial charge in [0.2, 0.25) is 0 Å². The van der Waals surface area contributed by atoms with E-state index in [1.807, 2.05) is 0 Å². The van der Waals surface area contributed by atoms with E-state index in [1.54, 1.807) is 11.9 Å². The van der Waals surface area contributed by atoms with E-state index in [2.05, 4.69) is 23.5 Å². The zero-order valence-electron chi connectivity index (χ0n) is 12.3. The first-order chi connectivity index (χ1) is 9.27. The van der Waals surface area contributed by atoms with Crippen LogP contribution in [0.15, 0.2) is 0 Å². The molecule has 1 atom stereocenters. The Labute approximate surface area is 121 Å². The lowest BCUT2D eigenvalue weighted by Gasteiger charge is -2.20. The minimum atomic E-state index is -0.0385. The predicted octanol–water partition coefficient (Wildman–Crippen LogP) is 2.65. The first kappa shape index (κ1) is 16.8. The molecule has 0 aromatic heterocycles. The van der Waals surface area contributed by atoms with Crippen LogP contribution < -0.4 is 5.32 Å². The maximum Gasteiger partial charge on any atom is 0.311 e. The summed E-state index contributed by atoms with van der Waals surface area (Å²) in [6, 6.07) is 0. The summed E-state index contributed by atoms with van der Waals surface area (Å²) in [6.45, 7) is 8.30. The minimum absolute atomic E-state index is 0.0385. The lowest BCUT2D eigenvalue weighted by Crippen LogP contribution is -2.23. The fraction of sp³-hybridized carbons (Fsp3) is 0.929. The number of carbonyl (C=O) groups excluding carboxylic acids is 1. The highest BCUT2D eigenvalue weighted by Crippen LogP contribution is 2.15. The molecule has 1 saturated heterocycles. The number of hydrogen-bond acceptors (Lipinski definition) is 5. The zero-order chi connectivity index (χ0) is 13.9. The molecule has 1 heterocycles. The van der Waals surface area contributed by atoms with Gasteiger partial charge in [-0.1, -0.05) is 26.7 Å². The Morgan fingerprint density at radius 3 is 2.53 bits per heavy atom. The quantitative estimate of drug-likeness (QED) is 0.380. The number of carbonyl (C=O) groups is 1. The summed E-state index contributed by atoms with van der Waals surface area (Å²) >= 11 is 1.66. The third-order valence-electron chi connectivity index (χ3n) is 3.35. The molecule has 0 spiro atoms. The first-order valence-electron chi connectivity index (χ1n) is 7.53. The van der Waals surface area contributed by atoms with Crippen LogP contribution in [0.4, 0.5) is 0 Å². The Bertz CT molecular complexity index is 238. The molecule has 0 amide bonds. The van der Waals surface area contributed by atoms with Crippen LogP contribution in [0.3, 0.4) is 0 Å². The molecule has 0 aromatic carbocycles. The van der Waals surface area contributed by atoms with Crippen LogP contribution in [0, 0.1) is 5.92 Å². The number of ether oxygens (including phenoxy) is 1. The number of nitrogens with one attached hydrogen (secondary N) is 1. The molecular formula is C14H28N2O2S. The average molecular weight is 288 g/mol. The molecule has 0 aromatic rings. The maximum atomic E-state index is 11.8. The zero-order valence-corrected chi connectivity index (χ0v) is 13.1. The van der Waals surface area contributed by atoms with Crippen molar-refractivity contribution in [1.29, 1.82) is 0 Å². The van der Waals surface area contributed by atoms with E-state index in [1.165, 1.54) is 25.7 Å². The Balaban J connectivity index is 2.16. The summed E-state index contributed by atoms with van der Waals surface area (Å²) in [5.74, 6) is 0.492. The molecule has 0 aliphatic carbocycles. The van der Waals surface area contributed by atoms with Gasteiger partial charge in [0.1, 0.15) is 0 Å². The first-order valence-corrected chi connectivity index (χ1v) is 8.47. The van der Waals surface area contributed by atoms with Crippen molar-refractivity contribution in [3.8, 4) is 0 Å². The molecule has 1 N–H and O–H groups in total. The summed E-state index contributed by atoms with van der Waals surface area (Å²) in [7, 11) is 0. The van der Waals surface area contributed by atoms with Gasteiger partial charge in [-0.3, -0.25) is 4.79 Å². The molecule has 1 aliphatic heterocycles. The van der Waals surface area contributed by atoms with Crippen LogP contribution in [0.25, 0.3) is 0 Å². The molecular weight excluding hydrogens is 260 g/mol. The van der Waals surface area contributed by atoms with Crippen LogP contribution >= 0.6 is 11.9 Å². The van der Waals surface area contributed by atoms with Gasteiger partial charge in [-0.15, -0.1) is 0 Å². The summed E-state index contributed by atoms with van der Waals surface area (Å²) in [6.07, 6.45) is 5.74. The van der Waals surface area contributed by atoms with Gasteiger partial charge >= 0.3 is 5.97 Å². The molecule has 1 fully saturated rings. The van der Waals surface area contributed by atoms with Gasteiger partial charge in [-0.05, 0) is 37.8 Å². The SMILES string of the molecule is CCCCN(CCCC)SCOC(=O)C1CCNC1. The molecule has 0 bridgehead atoms. The van der Waals surface area contributed by atoms with Crippen LogP contribution in [0.2, 0.25) is 0 Å². The fourth-order valence-electron chi connectivity index (χ4n) is 2.04. The maximum absolute atomic E-state index is 11.8. The highest BCUT2D eigenvalue weighted by Gasteiger charge is 2.23. The van der Waals surface area contributed by atoms with Crippen molar-refractivity contribution < 1.29 is 9.53 Å². The Hall–Kier alpha value is -0.260. The van der Waals surface area contributed by atoms with Crippen LogP contribution in [-0.2, 0) is 9.53 Å². The van der Waals surface area contributed by atoms with Crippen molar-refractivity contribution in [2.24, 2.45) is 5.92 Å². The second kappa shape index (κ2) is 10.5. The third-order valence-corrected chi connectivity index (χ3v) is 4.31. The molecule has 4 nitrogen and oxygen atoms in total. The smallest absolute Gasteiger partial charge is 0.311 e. The van der Waals surface area contributed by atoms with Crippen molar-refractivity contribution in [1.82, 2.24) is 9.62 Å². The molecule has 19 heavy (non-hydrogen) atoms. The van der Waals surface area contributed by atoms with Crippen LogP contribution in [-0.4, -0.2) is 42.4 Å². The van der Waals surface area contributed by atoms with E-state index >= 15 is 0 Å². The van der Waals surface area contributed by atoms with Crippen molar-refractivity contribution in [3.05, 3.63) is 0 Å². The number of unbranched alkanes of at least 4 members (excludes halogenated alkanes) is 2. The number of nitrogens with zero attached hydrogens (tertiary/aromatic N) is 1. The Morgan fingerprint density at radius 1 is 1.32 bits per heavy atom. The molecule has 0 saturated carbocycles. The van der Waals surface area contributed by atoms with E-state index in [4.69, 9.17) is 4.74 Å². The molecule has 112 valence electrons. The number of rotatable bonds is 10. The largest absolute Gasteiger partial charge is 0.453 e. The van der Waals surface area contributed by atoms with E-state index in [-0.39, 0.29) is 11.9 Å². The molecule has 0 radical (unpaired) electrons. The molecule has 1 aliphatic rings. The highest BCUT2D eigenvalue weighted by molar-refractivity contribution is 7.96. The summed E-state index contributed by atoms with van der Waals surface area (Å²) in [5.41, 5.74) is 0. The summed E-state index contributed by atoms with van der Waals surface area (Å²) in [4.78, 5) is 11.8. The monoisotopic (exact) mass is 288 g/mol. The van der Waals surface area contributed by atoms with Gasteiger partial charge in [-0.25, -0.2) is 4.31 Å². The van der Waals surface area contributed by atoms with Gasteiger partial charge < -0.3 is 10.1 Å². The van der Waals surface area contributed by atoms with Gasteiger partial charge in [0.25, 0.3) is 0 Å². The van der Waals surface area contributed by atoms with Crippen LogP contribution in [0.1, 0.15) is 46.0 Å². The van der Waals surface area contributed by atoms with Crippen molar-refractivity contribution in [2.75, 3.05) is 32.1 Å². The normalized spacial score (nSPS) is 19.0. The van der Waals surface area contributed by atoms with Crippen LogP contribution in [0.5, 0.6) is 0 Å². The van der Waals surface area contributed by atoms with E-state index in [9.17, 15) is 4.79 Å². The van der Waals surface area contributed by atoms with Gasteiger partial charge in [-0.2, -0.15) is 0 Å². The molecule has 1 unspecified atom stereocenters. The van der Waals surface area contributed by atoms with E-state index in [0.717, 1.165) is 32.6 Å². The lowest BCUT2D eigenvalue weighted by molar-refractivity contribution is -0.145. The summed E-state index contributed by atoms with van der Waals surface area (Å²) < 4.78 is 7.70. The standard InChI is InChI=1S/C14H28N2O2S/c1-3-5-9-16(10-6-4-2)19-12-18-14(17)13-7-8-15-11-13/h13,15H,3-12H2,1-2H3. The van der Waals surface area contributed by atoms with E-state index < -0.39 is 0 Å². The van der Waals surface area contributed by atoms with Crippen molar-refractivity contribution in [3.63, 3.8) is 0 Å². The van der Waals surface area contributed by atoms with Crippen molar-refractivity contribution in [2.45, 2.75) is 46.0 Å². The third kappa shape index (κ3) is 7.18. The lowest BCUT2D eigenvalue weighted by atomic mass is 10.1. The van der Waals surface area contributed by atoms with Gasteiger partial charge in [0.05, 0.1) is 5.92 Å². The average Bonchev–Trinajstić information content (AvgIpc) is 2.95. The van der Waals surface area contributed by atoms with E-state index in [0.29, 0.717) is 5.94 Å². The van der Waals surface area contributed by atoms with Gasteiger partial charge in [0, 0.05) is 19.6 Å². The number of esters is 1. The van der Waals surface area contributed by atoms with Gasteiger partial charge in [0.15, 0.2) is 5.94 Å². The highest BCUT2D eigenvalue weighted by atomic mass is 32.2. The second-order valence-corrected chi connectivity index (χ2v) is 6.05. The number of hydrogen-bond donors (Lipinski definition) is 1. The Kier molecular flexibility index (Phi) is 9.30. The predicted molar refractivity (Wildman–Crippen MR) is 80.9 cm³/mol. The molecule has 1 rings (SSSR count). The summed E-state index contributed by atoms with van der Waals surface area (Å²) in [5, 5.41) is 3.19. The Morgan fingerprint density at radius 2 is 2.00 bits per heavy atom. The fourth-order valence-corrected chi connectivity index (χ4v) is 2.88. The van der Waals surface area contributed by atoms with Crippen molar-refractivity contribution >= 4 is 17.9 Å². The minimum Gasteiger partial charge on any atom is -0.453 e. The molecule has 5 heteroatoms. The second-order valence-electron chi connectivity index (χ2n) is 5.04.